The average molecular weight is 399 g/mol. The smallest absolute Gasteiger partial charge is 0.261 e. The average Bonchev–Trinajstić information content (AvgIpc) is 2.65. The molecule has 7 heteroatoms. The molecule has 5 nitrogen and oxygen atoms in total. The molecule has 0 heterocycles. The van der Waals surface area contributed by atoms with Crippen molar-refractivity contribution in [3.8, 4) is 0 Å². The molecule has 0 radical (unpaired) electrons. The molecule has 0 aliphatic heterocycles. The van der Waals surface area contributed by atoms with E-state index in [1.54, 1.807) is 36.4 Å². The monoisotopic (exact) mass is 399 g/mol. The summed E-state index contributed by atoms with van der Waals surface area (Å²) >= 11 is 0.924. The minimum Gasteiger partial charge on any atom is -0.293 e. The lowest BCUT2D eigenvalue weighted by molar-refractivity contribution is -0.109. The standard InChI is InChI=1S/C20H17NO4S2/c1-14(22)26-13-20(23)17-7-4-8-18(11-17)21-27(24,25)19-10-9-15-5-2-3-6-16(15)12-19/h2-12,21H,13H2,1H3. The van der Waals surface area contributed by atoms with Gasteiger partial charge in [0.25, 0.3) is 10.0 Å². The lowest BCUT2D eigenvalue weighted by Crippen LogP contribution is -2.13. The zero-order valence-electron chi connectivity index (χ0n) is 14.5. The minimum absolute atomic E-state index is 0.0240. The summed E-state index contributed by atoms with van der Waals surface area (Å²) in [6.45, 7) is 1.39. The molecule has 0 unspecified atom stereocenters. The van der Waals surface area contributed by atoms with Crippen molar-refractivity contribution in [1.29, 1.82) is 0 Å². The van der Waals surface area contributed by atoms with Gasteiger partial charge in [0.2, 0.25) is 0 Å². The minimum atomic E-state index is -3.79. The van der Waals surface area contributed by atoms with Gasteiger partial charge in [0.05, 0.1) is 10.6 Å². The summed E-state index contributed by atoms with van der Waals surface area (Å²) in [5.41, 5.74) is 0.643. The number of rotatable bonds is 6. The highest BCUT2D eigenvalue weighted by Gasteiger charge is 2.16. The van der Waals surface area contributed by atoms with Crippen molar-refractivity contribution in [3.05, 3.63) is 72.3 Å². The zero-order valence-corrected chi connectivity index (χ0v) is 16.1. The Morgan fingerprint density at radius 2 is 1.67 bits per heavy atom. The molecule has 0 fully saturated rings. The first-order valence-electron chi connectivity index (χ1n) is 8.13. The Morgan fingerprint density at radius 3 is 2.41 bits per heavy atom. The zero-order chi connectivity index (χ0) is 19.4. The highest BCUT2D eigenvalue weighted by molar-refractivity contribution is 8.14. The molecule has 3 aromatic rings. The number of sulfonamides is 1. The molecule has 138 valence electrons. The third-order valence-corrected chi connectivity index (χ3v) is 6.07. The first-order valence-corrected chi connectivity index (χ1v) is 10.6. The summed E-state index contributed by atoms with van der Waals surface area (Å²) in [5, 5.41) is 1.63. The number of carbonyl (C=O) groups is 2. The van der Waals surface area contributed by atoms with E-state index in [1.807, 2.05) is 24.3 Å². The Bertz CT molecular complexity index is 1120. The fraction of sp³-hybridized carbons (Fsp3) is 0.100. The SMILES string of the molecule is CC(=O)SCC(=O)c1cccc(NS(=O)(=O)c2ccc3ccccc3c2)c1. The predicted molar refractivity (Wildman–Crippen MR) is 109 cm³/mol. The van der Waals surface area contributed by atoms with Crippen molar-refractivity contribution in [2.45, 2.75) is 11.8 Å². The second-order valence-corrected chi connectivity index (χ2v) is 8.73. The molecule has 27 heavy (non-hydrogen) atoms. The summed E-state index contributed by atoms with van der Waals surface area (Å²) in [4.78, 5) is 23.3. The third kappa shape index (κ3) is 4.75. The van der Waals surface area contributed by atoms with E-state index in [1.165, 1.54) is 13.0 Å². The van der Waals surface area contributed by atoms with Crippen LogP contribution in [0.5, 0.6) is 0 Å². The lowest BCUT2D eigenvalue weighted by atomic mass is 10.1. The van der Waals surface area contributed by atoms with E-state index >= 15 is 0 Å². The number of ketones is 1. The van der Waals surface area contributed by atoms with Gasteiger partial charge in [-0.1, -0.05) is 54.2 Å². The fourth-order valence-corrected chi connectivity index (χ4v) is 4.14. The number of Topliss-reactive ketones (excluding diaryl/α,β-unsaturated/α-hetero) is 1. The summed E-state index contributed by atoms with van der Waals surface area (Å²) in [5.74, 6) is -0.210. The van der Waals surface area contributed by atoms with E-state index in [2.05, 4.69) is 4.72 Å². The number of anilines is 1. The van der Waals surface area contributed by atoms with Gasteiger partial charge in [0.1, 0.15) is 0 Å². The molecule has 1 N–H and O–H groups in total. The summed E-state index contributed by atoms with van der Waals surface area (Å²) < 4.78 is 27.9. The number of thioether (sulfide) groups is 1. The number of carbonyl (C=O) groups excluding carboxylic acids is 2. The predicted octanol–water partition coefficient (Wildman–Crippen LogP) is 4.10. The van der Waals surface area contributed by atoms with Crippen LogP contribution in [0, 0.1) is 0 Å². The highest BCUT2D eigenvalue weighted by Crippen LogP contribution is 2.22. The van der Waals surface area contributed by atoms with E-state index in [0.717, 1.165) is 22.5 Å². The van der Waals surface area contributed by atoms with Gasteiger partial charge >= 0.3 is 0 Å². The van der Waals surface area contributed by atoms with Crippen LogP contribution in [0.1, 0.15) is 17.3 Å². The van der Waals surface area contributed by atoms with E-state index in [-0.39, 0.29) is 21.5 Å². The Labute approximate surface area is 161 Å². The maximum atomic E-state index is 12.7. The Morgan fingerprint density at radius 1 is 0.926 bits per heavy atom. The molecule has 3 rings (SSSR count). The topological polar surface area (TPSA) is 80.3 Å². The molecule has 0 saturated heterocycles. The first kappa shape index (κ1) is 19.1. The molecule has 3 aromatic carbocycles. The molecule has 0 aromatic heterocycles. The van der Waals surface area contributed by atoms with Crippen LogP contribution < -0.4 is 4.72 Å². The number of hydrogen-bond donors (Lipinski definition) is 1. The van der Waals surface area contributed by atoms with E-state index in [9.17, 15) is 18.0 Å². The number of hydrogen-bond acceptors (Lipinski definition) is 5. The van der Waals surface area contributed by atoms with Crippen LogP contribution in [-0.2, 0) is 14.8 Å². The van der Waals surface area contributed by atoms with Crippen LogP contribution in [0.15, 0.2) is 71.6 Å². The van der Waals surface area contributed by atoms with Crippen LogP contribution in [0.3, 0.4) is 0 Å². The van der Waals surface area contributed by atoms with Crippen molar-refractivity contribution in [2.24, 2.45) is 0 Å². The maximum absolute atomic E-state index is 12.7. The van der Waals surface area contributed by atoms with E-state index in [4.69, 9.17) is 0 Å². The summed E-state index contributed by atoms with van der Waals surface area (Å²) in [6.07, 6.45) is 0. The van der Waals surface area contributed by atoms with Crippen molar-refractivity contribution in [1.82, 2.24) is 0 Å². The molecule has 0 bridgehead atoms. The van der Waals surface area contributed by atoms with E-state index in [0.29, 0.717) is 11.3 Å². The highest BCUT2D eigenvalue weighted by atomic mass is 32.2. The fourth-order valence-electron chi connectivity index (χ4n) is 2.56. The molecule has 0 atom stereocenters. The largest absolute Gasteiger partial charge is 0.293 e. The molecule has 0 amide bonds. The van der Waals surface area contributed by atoms with Gasteiger partial charge in [-0.3, -0.25) is 14.3 Å². The Kier molecular flexibility index (Phi) is 5.62. The van der Waals surface area contributed by atoms with Gasteiger partial charge in [-0.25, -0.2) is 8.42 Å². The molecule has 0 spiro atoms. The van der Waals surface area contributed by atoms with Crippen molar-refractivity contribution in [2.75, 3.05) is 10.5 Å². The van der Waals surface area contributed by atoms with Crippen LogP contribution in [0.2, 0.25) is 0 Å². The summed E-state index contributed by atoms with van der Waals surface area (Å²) in [7, 11) is -3.79. The maximum Gasteiger partial charge on any atom is 0.261 e. The number of fused-ring (bicyclic) bond motifs is 1. The van der Waals surface area contributed by atoms with Crippen LogP contribution in [-0.4, -0.2) is 25.1 Å². The quantitative estimate of drug-likeness (QED) is 0.631. The van der Waals surface area contributed by atoms with Crippen LogP contribution >= 0.6 is 11.8 Å². The van der Waals surface area contributed by atoms with Crippen molar-refractivity contribution in [3.63, 3.8) is 0 Å². The third-order valence-electron chi connectivity index (χ3n) is 3.87. The molecule has 0 aliphatic carbocycles. The summed E-state index contributed by atoms with van der Waals surface area (Å²) in [6, 6.07) is 18.6. The number of nitrogens with one attached hydrogen (secondary N) is 1. The van der Waals surface area contributed by atoms with Gasteiger partial charge in [0, 0.05) is 18.2 Å². The Balaban J connectivity index is 1.83. The first-order chi connectivity index (χ1) is 12.8. The second kappa shape index (κ2) is 7.94. The molecular weight excluding hydrogens is 382 g/mol. The Hall–Kier alpha value is -2.64. The van der Waals surface area contributed by atoms with Crippen molar-refractivity contribution < 1.29 is 18.0 Å². The van der Waals surface area contributed by atoms with Crippen molar-refractivity contribution >= 4 is 49.1 Å². The van der Waals surface area contributed by atoms with Gasteiger partial charge in [0.15, 0.2) is 10.9 Å². The lowest BCUT2D eigenvalue weighted by Gasteiger charge is -2.10. The van der Waals surface area contributed by atoms with Gasteiger partial charge in [-0.2, -0.15) is 0 Å². The van der Waals surface area contributed by atoms with Gasteiger partial charge < -0.3 is 0 Å². The van der Waals surface area contributed by atoms with E-state index < -0.39 is 10.0 Å². The normalized spacial score (nSPS) is 11.3. The number of benzene rings is 3. The second-order valence-electron chi connectivity index (χ2n) is 5.90. The van der Waals surface area contributed by atoms with Crippen LogP contribution in [0.4, 0.5) is 5.69 Å². The molecular formula is C20H17NO4S2. The van der Waals surface area contributed by atoms with Gasteiger partial charge in [-0.05, 0) is 35.0 Å². The molecule has 0 saturated carbocycles. The van der Waals surface area contributed by atoms with Crippen LogP contribution in [0.25, 0.3) is 10.8 Å². The molecule has 0 aliphatic rings. The van der Waals surface area contributed by atoms with Gasteiger partial charge in [-0.15, -0.1) is 0 Å².